The molecule has 0 atom stereocenters. The predicted molar refractivity (Wildman–Crippen MR) is 115 cm³/mol. The summed E-state index contributed by atoms with van der Waals surface area (Å²) in [6.45, 7) is 0. The van der Waals surface area contributed by atoms with E-state index >= 15 is 0 Å². The molecule has 4 rings (SSSR count). The normalized spacial score (nSPS) is 15.3. The molecule has 2 aromatic carbocycles. The predicted octanol–water partition coefficient (Wildman–Crippen LogP) is 3.41. The van der Waals surface area contributed by atoms with Gasteiger partial charge in [-0.05, 0) is 60.8 Å². The number of hydrogen-bond acceptors (Lipinski definition) is 6. The number of carbonyl (C=O) groups is 2. The molecule has 1 aliphatic rings. The van der Waals surface area contributed by atoms with Gasteiger partial charge in [-0.25, -0.2) is 0 Å². The second-order valence-corrected chi connectivity index (χ2v) is 6.69. The Balaban J connectivity index is 1.61. The first-order valence-electron chi connectivity index (χ1n) is 8.90. The lowest BCUT2D eigenvalue weighted by atomic mass is 10.1. The van der Waals surface area contributed by atoms with Crippen LogP contribution in [0.4, 0.5) is 5.69 Å². The SMILES string of the molecule is O=C1NC(=S)N(c2ccc(Oc3ccccc3)cc2)C(=O)C1=Cc1ccncc1O. The number of para-hydroxylation sites is 1. The summed E-state index contributed by atoms with van der Waals surface area (Å²) in [6.07, 6.45) is 3.98. The maximum absolute atomic E-state index is 13.0. The Hall–Kier alpha value is -4.04. The zero-order valence-corrected chi connectivity index (χ0v) is 16.3. The molecule has 3 aromatic rings. The summed E-state index contributed by atoms with van der Waals surface area (Å²) in [4.78, 5) is 30.3. The summed E-state index contributed by atoms with van der Waals surface area (Å²) in [7, 11) is 0. The van der Waals surface area contributed by atoms with Crippen molar-refractivity contribution in [1.29, 1.82) is 0 Å². The Kier molecular flexibility index (Phi) is 5.23. The van der Waals surface area contributed by atoms with Crippen LogP contribution in [0.1, 0.15) is 5.56 Å². The van der Waals surface area contributed by atoms with Gasteiger partial charge in [-0.1, -0.05) is 18.2 Å². The van der Waals surface area contributed by atoms with Crippen LogP contribution in [0.25, 0.3) is 6.08 Å². The molecule has 30 heavy (non-hydrogen) atoms. The number of benzene rings is 2. The molecule has 1 fully saturated rings. The fourth-order valence-electron chi connectivity index (χ4n) is 2.85. The van der Waals surface area contributed by atoms with Crippen molar-refractivity contribution < 1.29 is 19.4 Å². The van der Waals surface area contributed by atoms with E-state index in [0.29, 0.717) is 22.7 Å². The highest BCUT2D eigenvalue weighted by atomic mass is 32.1. The maximum atomic E-state index is 13.0. The number of nitrogens with one attached hydrogen (secondary N) is 1. The number of hydrogen-bond donors (Lipinski definition) is 2. The molecular weight excluding hydrogens is 402 g/mol. The molecule has 0 unspecified atom stereocenters. The fraction of sp³-hybridized carbons (Fsp3) is 0. The topological polar surface area (TPSA) is 91.8 Å². The lowest BCUT2D eigenvalue weighted by molar-refractivity contribution is -0.122. The van der Waals surface area contributed by atoms with Gasteiger partial charge < -0.3 is 9.84 Å². The Labute approximate surface area is 177 Å². The molecule has 1 aromatic heterocycles. The zero-order chi connectivity index (χ0) is 21.1. The van der Waals surface area contributed by atoms with Gasteiger partial charge in [0, 0.05) is 11.8 Å². The summed E-state index contributed by atoms with van der Waals surface area (Å²) < 4.78 is 5.75. The average Bonchev–Trinajstić information content (AvgIpc) is 2.74. The van der Waals surface area contributed by atoms with E-state index in [9.17, 15) is 14.7 Å². The molecule has 7 nitrogen and oxygen atoms in total. The molecule has 2 amide bonds. The summed E-state index contributed by atoms with van der Waals surface area (Å²) in [5.74, 6) is -0.114. The molecule has 0 aliphatic carbocycles. The van der Waals surface area contributed by atoms with E-state index in [-0.39, 0.29) is 16.4 Å². The number of nitrogens with zero attached hydrogens (tertiary/aromatic N) is 2. The average molecular weight is 417 g/mol. The van der Waals surface area contributed by atoms with Crippen molar-refractivity contribution in [3.05, 3.63) is 84.2 Å². The molecule has 2 heterocycles. The largest absolute Gasteiger partial charge is 0.506 e. The van der Waals surface area contributed by atoms with Crippen molar-refractivity contribution in [2.45, 2.75) is 0 Å². The second-order valence-electron chi connectivity index (χ2n) is 6.30. The summed E-state index contributed by atoms with van der Waals surface area (Å²) in [5.41, 5.74) is 0.604. The third-order valence-corrected chi connectivity index (χ3v) is 4.59. The number of aromatic nitrogens is 1. The van der Waals surface area contributed by atoms with Crippen molar-refractivity contribution >= 4 is 40.9 Å². The number of ether oxygens (including phenoxy) is 1. The van der Waals surface area contributed by atoms with Crippen molar-refractivity contribution in [1.82, 2.24) is 10.3 Å². The zero-order valence-electron chi connectivity index (χ0n) is 15.5. The lowest BCUT2D eigenvalue weighted by Gasteiger charge is -2.29. The molecule has 0 spiro atoms. The number of anilines is 1. The number of rotatable bonds is 4. The van der Waals surface area contributed by atoms with Gasteiger partial charge in [-0.2, -0.15) is 0 Å². The quantitative estimate of drug-likeness (QED) is 0.384. The van der Waals surface area contributed by atoms with E-state index < -0.39 is 11.8 Å². The van der Waals surface area contributed by atoms with Gasteiger partial charge in [0.25, 0.3) is 11.8 Å². The molecule has 0 radical (unpaired) electrons. The number of pyridine rings is 1. The molecule has 148 valence electrons. The van der Waals surface area contributed by atoms with Crippen LogP contribution in [0.5, 0.6) is 17.2 Å². The Morgan fingerprint density at radius 2 is 1.70 bits per heavy atom. The minimum absolute atomic E-state index is 0.0298. The van der Waals surface area contributed by atoms with Crippen molar-refractivity contribution in [3.8, 4) is 17.2 Å². The molecule has 0 bridgehead atoms. The molecule has 1 aliphatic heterocycles. The highest BCUT2D eigenvalue weighted by Crippen LogP contribution is 2.27. The Morgan fingerprint density at radius 3 is 2.40 bits per heavy atom. The first kappa shape index (κ1) is 19.3. The van der Waals surface area contributed by atoms with Crippen molar-refractivity contribution in [3.63, 3.8) is 0 Å². The third kappa shape index (κ3) is 3.89. The molecular formula is C22H15N3O4S. The minimum atomic E-state index is -0.638. The molecule has 8 heteroatoms. The third-order valence-electron chi connectivity index (χ3n) is 4.31. The smallest absolute Gasteiger partial charge is 0.270 e. The first-order valence-corrected chi connectivity index (χ1v) is 9.31. The number of thiocarbonyl (C=S) groups is 1. The maximum Gasteiger partial charge on any atom is 0.270 e. The van der Waals surface area contributed by atoms with Gasteiger partial charge in [0.1, 0.15) is 22.8 Å². The number of carbonyl (C=O) groups excluding carboxylic acids is 2. The van der Waals surface area contributed by atoms with Crippen molar-refractivity contribution in [2.24, 2.45) is 0 Å². The highest BCUT2D eigenvalue weighted by molar-refractivity contribution is 7.80. The van der Waals surface area contributed by atoms with Gasteiger partial charge in [0.05, 0.1) is 11.9 Å². The van der Waals surface area contributed by atoms with E-state index in [4.69, 9.17) is 17.0 Å². The van der Waals surface area contributed by atoms with Gasteiger partial charge in [-0.3, -0.25) is 24.8 Å². The molecule has 2 N–H and O–H groups in total. The minimum Gasteiger partial charge on any atom is -0.506 e. The second kappa shape index (κ2) is 8.14. The van der Waals surface area contributed by atoms with Gasteiger partial charge >= 0.3 is 0 Å². The fourth-order valence-corrected chi connectivity index (χ4v) is 3.14. The monoisotopic (exact) mass is 417 g/mol. The van der Waals surface area contributed by atoms with Crippen LogP contribution in [0, 0.1) is 0 Å². The number of aromatic hydroxyl groups is 1. The molecule has 0 saturated carbocycles. The summed E-state index contributed by atoms with van der Waals surface area (Å²) in [6, 6.07) is 17.5. The van der Waals surface area contributed by atoms with E-state index in [1.54, 1.807) is 24.3 Å². The highest BCUT2D eigenvalue weighted by Gasteiger charge is 2.34. The van der Waals surface area contributed by atoms with E-state index in [1.807, 2.05) is 30.3 Å². The van der Waals surface area contributed by atoms with Crippen LogP contribution in [0.15, 0.2) is 78.6 Å². The van der Waals surface area contributed by atoms with E-state index in [2.05, 4.69) is 10.3 Å². The van der Waals surface area contributed by atoms with Crippen LogP contribution >= 0.6 is 12.2 Å². The van der Waals surface area contributed by atoms with Crippen LogP contribution in [0.3, 0.4) is 0 Å². The van der Waals surface area contributed by atoms with Gasteiger partial charge in [0.2, 0.25) is 0 Å². The van der Waals surface area contributed by atoms with Gasteiger partial charge in [0.15, 0.2) is 5.11 Å². The van der Waals surface area contributed by atoms with E-state index in [0.717, 1.165) is 0 Å². The van der Waals surface area contributed by atoms with Crippen LogP contribution in [-0.2, 0) is 9.59 Å². The Morgan fingerprint density at radius 1 is 1.00 bits per heavy atom. The summed E-state index contributed by atoms with van der Waals surface area (Å²) >= 11 is 5.20. The molecule has 1 saturated heterocycles. The van der Waals surface area contributed by atoms with E-state index in [1.165, 1.54) is 29.4 Å². The number of amides is 2. The standard InChI is InChI=1S/C22H15N3O4S/c26-19-13-23-11-10-14(19)12-18-20(27)24-22(30)25(21(18)28)15-6-8-17(9-7-15)29-16-4-2-1-3-5-16/h1-13,26H,(H,24,27,30). The summed E-state index contributed by atoms with van der Waals surface area (Å²) in [5, 5.41) is 12.4. The van der Waals surface area contributed by atoms with Crippen molar-refractivity contribution in [2.75, 3.05) is 4.90 Å². The lowest BCUT2D eigenvalue weighted by Crippen LogP contribution is -2.54. The van der Waals surface area contributed by atoms with Gasteiger partial charge in [-0.15, -0.1) is 0 Å². The Bertz CT molecular complexity index is 1160. The van der Waals surface area contributed by atoms with Crippen LogP contribution in [-0.4, -0.2) is 27.0 Å². The first-order chi connectivity index (χ1) is 14.5. The van der Waals surface area contributed by atoms with Crippen LogP contribution < -0.4 is 15.0 Å². The van der Waals surface area contributed by atoms with Crippen LogP contribution in [0.2, 0.25) is 0 Å².